The molecule has 0 radical (unpaired) electrons. The van der Waals surface area contributed by atoms with Crippen LogP contribution >= 0.6 is 0 Å². The van der Waals surface area contributed by atoms with Gasteiger partial charge in [0.1, 0.15) is 0 Å². The van der Waals surface area contributed by atoms with E-state index in [0.29, 0.717) is 12.1 Å². The van der Waals surface area contributed by atoms with Crippen molar-refractivity contribution in [1.29, 1.82) is 0 Å². The van der Waals surface area contributed by atoms with Crippen LogP contribution in [0.1, 0.15) is 32.0 Å². The fourth-order valence-electron chi connectivity index (χ4n) is 2.92. The number of rotatable bonds is 6. The molecule has 2 rings (SSSR count). The zero-order valence-corrected chi connectivity index (χ0v) is 13.8. The highest BCUT2D eigenvalue weighted by Crippen LogP contribution is 2.14. The molecule has 21 heavy (non-hydrogen) atoms. The van der Waals surface area contributed by atoms with E-state index in [1.807, 2.05) is 10.9 Å². The normalized spacial score (nSPS) is 22.9. The van der Waals surface area contributed by atoms with Gasteiger partial charge in [-0.05, 0) is 40.4 Å². The number of aromatic nitrogens is 2. The Morgan fingerprint density at radius 2 is 2.14 bits per heavy atom. The predicted octanol–water partition coefficient (Wildman–Crippen LogP) is 0.474. The highest BCUT2D eigenvalue weighted by molar-refractivity contribution is 5.02. The summed E-state index contributed by atoms with van der Waals surface area (Å²) in [7, 11) is 4.40. The first-order valence-corrected chi connectivity index (χ1v) is 7.88. The molecule has 0 amide bonds. The quantitative estimate of drug-likeness (QED) is 0.590. The van der Waals surface area contributed by atoms with Gasteiger partial charge in [0, 0.05) is 50.4 Å². The smallest absolute Gasteiger partial charge is 0.0640 e. The molecule has 2 unspecified atom stereocenters. The Balaban J connectivity index is 1.92. The molecule has 120 valence electrons. The number of nitrogens with zero attached hydrogens (tertiary/aromatic N) is 4. The molecule has 0 aromatic carbocycles. The maximum absolute atomic E-state index is 5.77. The minimum atomic E-state index is 0.263. The number of hydrogen-bond donors (Lipinski definition) is 2. The second kappa shape index (κ2) is 7.35. The molecule has 1 aliphatic heterocycles. The number of piperazine rings is 1. The lowest BCUT2D eigenvalue weighted by molar-refractivity contribution is 0.101. The molecular formula is C15H30N6. The average Bonchev–Trinajstić information content (AvgIpc) is 2.90. The fraction of sp³-hybridized carbons (Fsp3) is 0.800. The van der Waals surface area contributed by atoms with Crippen molar-refractivity contribution in [2.45, 2.75) is 44.8 Å². The van der Waals surface area contributed by atoms with E-state index in [9.17, 15) is 0 Å². The van der Waals surface area contributed by atoms with Gasteiger partial charge in [-0.1, -0.05) is 0 Å². The Hall–Kier alpha value is -0.950. The minimum Gasteiger partial charge on any atom is -0.304 e. The molecule has 0 aliphatic carbocycles. The summed E-state index contributed by atoms with van der Waals surface area (Å²) in [5.74, 6) is 5.77. The van der Waals surface area contributed by atoms with E-state index in [2.05, 4.69) is 54.3 Å². The standard InChI is InChI=1S/C15H30N6/c1-12(2)21-6-5-13(18-21)9-14(17-16)10-15-11-19(3)7-8-20(15)4/h5-6,12,14-15,17H,7-11,16H2,1-4H3. The van der Waals surface area contributed by atoms with E-state index in [4.69, 9.17) is 5.84 Å². The lowest BCUT2D eigenvalue weighted by Gasteiger charge is -2.39. The molecule has 0 spiro atoms. The molecule has 1 aromatic rings. The van der Waals surface area contributed by atoms with Crippen molar-refractivity contribution in [2.75, 3.05) is 33.7 Å². The highest BCUT2D eigenvalue weighted by Gasteiger charge is 2.25. The van der Waals surface area contributed by atoms with Crippen LogP contribution in [0.5, 0.6) is 0 Å². The third-order valence-corrected chi connectivity index (χ3v) is 4.42. The second-order valence-electron chi connectivity index (χ2n) is 6.58. The molecule has 2 atom stereocenters. The van der Waals surface area contributed by atoms with Crippen LogP contribution in [-0.4, -0.2) is 65.4 Å². The third-order valence-electron chi connectivity index (χ3n) is 4.42. The fourth-order valence-corrected chi connectivity index (χ4v) is 2.92. The summed E-state index contributed by atoms with van der Waals surface area (Å²) in [6.45, 7) is 7.66. The van der Waals surface area contributed by atoms with Crippen molar-refractivity contribution in [3.8, 4) is 0 Å². The second-order valence-corrected chi connectivity index (χ2v) is 6.58. The summed E-state index contributed by atoms with van der Waals surface area (Å²) < 4.78 is 2.00. The van der Waals surface area contributed by atoms with Crippen LogP contribution in [-0.2, 0) is 6.42 Å². The van der Waals surface area contributed by atoms with Crippen LogP contribution in [0.3, 0.4) is 0 Å². The van der Waals surface area contributed by atoms with E-state index in [0.717, 1.165) is 38.2 Å². The van der Waals surface area contributed by atoms with Crippen LogP contribution in [0.15, 0.2) is 12.3 Å². The van der Waals surface area contributed by atoms with Gasteiger partial charge in [-0.2, -0.15) is 5.10 Å². The zero-order chi connectivity index (χ0) is 15.4. The molecule has 6 nitrogen and oxygen atoms in total. The Morgan fingerprint density at radius 3 is 2.76 bits per heavy atom. The topological polar surface area (TPSA) is 62.3 Å². The Bertz CT molecular complexity index is 430. The lowest BCUT2D eigenvalue weighted by atomic mass is 10.0. The number of hydrazine groups is 1. The van der Waals surface area contributed by atoms with Gasteiger partial charge >= 0.3 is 0 Å². The van der Waals surface area contributed by atoms with Crippen molar-refractivity contribution in [1.82, 2.24) is 25.0 Å². The summed E-state index contributed by atoms with van der Waals surface area (Å²) in [4.78, 5) is 4.84. The van der Waals surface area contributed by atoms with E-state index in [-0.39, 0.29) is 6.04 Å². The molecular weight excluding hydrogens is 264 g/mol. The van der Waals surface area contributed by atoms with Crippen molar-refractivity contribution in [2.24, 2.45) is 5.84 Å². The maximum atomic E-state index is 5.77. The van der Waals surface area contributed by atoms with Gasteiger partial charge in [-0.15, -0.1) is 0 Å². The van der Waals surface area contributed by atoms with E-state index >= 15 is 0 Å². The van der Waals surface area contributed by atoms with Crippen molar-refractivity contribution >= 4 is 0 Å². The molecule has 0 saturated carbocycles. The van der Waals surface area contributed by atoms with Gasteiger partial charge in [-0.25, -0.2) is 0 Å². The molecule has 6 heteroatoms. The van der Waals surface area contributed by atoms with Crippen LogP contribution in [0.2, 0.25) is 0 Å². The molecule has 2 heterocycles. The highest BCUT2D eigenvalue weighted by atomic mass is 15.3. The van der Waals surface area contributed by atoms with Crippen LogP contribution in [0, 0.1) is 0 Å². The van der Waals surface area contributed by atoms with Gasteiger partial charge in [0.05, 0.1) is 5.69 Å². The van der Waals surface area contributed by atoms with Crippen LogP contribution in [0.4, 0.5) is 0 Å². The first kappa shape index (κ1) is 16.4. The number of nitrogens with two attached hydrogens (primary N) is 1. The van der Waals surface area contributed by atoms with Crippen LogP contribution in [0.25, 0.3) is 0 Å². The first-order valence-electron chi connectivity index (χ1n) is 7.88. The zero-order valence-electron chi connectivity index (χ0n) is 13.8. The third kappa shape index (κ3) is 4.51. The summed E-state index contributed by atoms with van der Waals surface area (Å²) in [6.07, 6.45) is 3.98. The molecule has 1 aliphatic rings. The summed E-state index contributed by atoms with van der Waals surface area (Å²) >= 11 is 0. The minimum absolute atomic E-state index is 0.263. The van der Waals surface area contributed by atoms with Gasteiger partial charge in [0.15, 0.2) is 0 Å². The van der Waals surface area contributed by atoms with Gasteiger partial charge in [-0.3, -0.25) is 16.0 Å². The summed E-state index contributed by atoms with van der Waals surface area (Å²) in [5.41, 5.74) is 4.09. The SMILES string of the molecule is CC(C)n1ccc(CC(CC2CN(C)CCN2C)NN)n1. The molecule has 1 fully saturated rings. The van der Waals surface area contributed by atoms with E-state index in [1.54, 1.807) is 0 Å². The van der Waals surface area contributed by atoms with Gasteiger partial charge in [0.2, 0.25) is 0 Å². The van der Waals surface area contributed by atoms with E-state index in [1.165, 1.54) is 0 Å². The molecule has 1 saturated heterocycles. The largest absolute Gasteiger partial charge is 0.304 e. The van der Waals surface area contributed by atoms with Crippen molar-refractivity contribution in [3.63, 3.8) is 0 Å². The van der Waals surface area contributed by atoms with Crippen molar-refractivity contribution in [3.05, 3.63) is 18.0 Å². The Kier molecular flexibility index (Phi) is 5.75. The molecule has 3 N–H and O–H groups in total. The number of likely N-dealkylation sites (N-methyl/N-ethyl adjacent to an activating group) is 2. The Morgan fingerprint density at radius 1 is 1.38 bits per heavy atom. The lowest BCUT2D eigenvalue weighted by Crippen LogP contribution is -2.53. The van der Waals surface area contributed by atoms with Crippen LogP contribution < -0.4 is 11.3 Å². The van der Waals surface area contributed by atoms with E-state index < -0.39 is 0 Å². The molecule has 0 bridgehead atoms. The summed E-state index contributed by atoms with van der Waals surface area (Å²) in [6, 6.07) is 3.32. The Labute approximate surface area is 128 Å². The average molecular weight is 294 g/mol. The van der Waals surface area contributed by atoms with Gasteiger partial charge in [0.25, 0.3) is 0 Å². The first-order chi connectivity index (χ1) is 9.99. The maximum Gasteiger partial charge on any atom is 0.0640 e. The van der Waals surface area contributed by atoms with Gasteiger partial charge < -0.3 is 9.80 Å². The predicted molar refractivity (Wildman–Crippen MR) is 86.0 cm³/mol. The number of nitrogens with one attached hydrogen (secondary N) is 1. The molecule has 1 aromatic heterocycles. The number of hydrogen-bond acceptors (Lipinski definition) is 5. The summed E-state index contributed by atoms with van der Waals surface area (Å²) in [5, 5.41) is 4.62. The monoisotopic (exact) mass is 294 g/mol. The van der Waals surface area contributed by atoms with Crippen molar-refractivity contribution < 1.29 is 0 Å².